The summed E-state index contributed by atoms with van der Waals surface area (Å²) in [7, 11) is 0. The van der Waals surface area contributed by atoms with E-state index in [4.69, 9.17) is 0 Å². The van der Waals surface area contributed by atoms with Gasteiger partial charge >= 0.3 is 0 Å². The summed E-state index contributed by atoms with van der Waals surface area (Å²) < 4.78 is 0. The van der Waals surface area contributed by atoms with Gasteiger partial charge in [-0.3, -0.25) is 0 Å². The molecule has 2 nitrogen and oxygen atoms in total. The Morgan fingerprint density at radius 3 is 2.08 bits per heavy atom. The highest BCUT2D eigenvalue weighted by Crippen LogP contribution is 1.98. The maximum atomic E-state index is 4.09. The van der Waals surface area contributed by atoms with Crippen LogP contribution in [-0.4, -0.2) is 9.97 Å². The van der Waals surface area contributed by atoms with E-state index in [-0.39, 0.29) is 0 Å². The van der Waals surface area contributed by atoms with Crippen LogP contribution in [0.15, 0.2) is 12.4 Å². The second-order valence-electron chi connectivity index (χ2n) is 2.39. The highest BCUT2D eigenvalue weighted by Gasteiger charge is 1.90. The van der Waals surface area contributed by atoms with Crippen LogP contribution in [-0.2, 0) is 6.42 Å². The molecule has 0 atom stereocenters. The lowest BCUT2D eigenvalue weighted by Crippen LogP contribution is -1.90. The van der Waals surface area contributed by atoms with Crippen LogP contribution in [0.1, 0.15) is 38.6 Å². The zero-order valence-corrected chi connectivity index (χ0v) is 8.46. The van der Waals surface area contributed by atoms with Crippen LogP contribution >= 0.6 is 0 Å². The van der Waals surface area contributed by atoms with Crippen molar-refractivity contribution in [3.8, 4) is 0 Å². The molecule has 2 heteroatoms. The predicted molar refractivity (Wildman–Crippen MR) is 52.1 cm³/mol. The molecule has 0 N–H and O–H groups in total. The van der Waals surface area contributed by atoms with Gasteiger partial charge in [0.15, 0.2) is 0 Å². The van der Waals surface area contributed by atoms with Gasteiger partial charge < -0.3 is 0 Å². The summed E-state index contributed by atoms with van der Waals surface area (Å²) in [4.78, 5) is 8.17. The quantitative estimate of drug-likeness (QED) is 0.675. The lowest BCUT2D eigenvalue weighted by molar-refractivity contribution is 0.890. The van der Waals surface area contributed by atoms with Gasteiger partial charge in [0.25, 0.3) is 0 Å². The van der Waals surface area contributed by atoms with Crippen molar-refractivity contribution in [2.45, 2.75) is 40.5 Å². The number of hydrogen-bond acceptors (Lipinski definition) is 2. The third kappa shape index (κ3) is 4.06. The minimum absolute atomic E-state index is 0.847. The average molecular weight is 166 g/mol. The molecule has 1 aromatic rings. The SMILES string of the molecule is CC.CCCc1cnc(C)nc1. The molecule has 0 unspecified atom stereocenters. The minimum atomic E-state index is 0.847. The lowest BCUT2D eigenvalue weighted by atomic mass is 10.2. The Balaban J connectivity index is 0.000000561. The van der Waals surface area contributed by atoms with Gasteiger partial charge in [0.1, 0.15) is 5.82 Å². The lowest BCUT2D eigenvalue weighted by Gasteiger charge is -1.95. The number of rotatable bonds is 2. The van der Waals surface area contributed by atoms with E-state index in [0.29, 0.717) is 0 Å². The highest BCUT2D eigenvalue weighted by atomic mass is 14.8. The number of aryl methyl sites for hydroxylation is 2. The molecule has 0 aromatic carbocycles. The van der Waals surface area contributed by atoms with E-state index in [0.717, 1.165) is 18.7 Å². The fourth-order valence-electron chi connectivity index (χ4n) is 0.837. The molecule has 0 radical (unpaired) electrons. The van der Waals surface area contributed by atoms with Gasteiger partial charge in [-0.05, 0) is 18.9 Å². The Kier molecular flexibility index (Phi) is 6.25. The summed E-state index contributed by atoms with van der Waals surface area (Å²) in [5, 5.41) is 0. The summed E-state index contributed by atoms with van der Waals surface area (Å²) in [5.74, 6) is 0.847. The Labute approximate surface area is 75.1 Å². The normalized spacial score (nSPS) is 8.67. The van der Waals surface area contributed by atoms with Crippen molar-refractivity contribution in [2.24, 2.45) is 0 Å². The third-order valence-corrected chi connectivity index (χ3v) is 1.37. The number of nitrogens with zero attached hydrogens (tertiary/aromatic N) is 2. The fraction of sp³-hybridized carbons (Fsp3) is 0.600. The van der Waals surface area contributed by atoms with E-state index in [1.54, 1.807) is 0 Å². The van der Waals surface area contributed by atoms with Crippen LogP contribution in [0, 0.1) is 6.92 Å². The van der Waals surface area contributed by atoms with Crippen LogP contribution in [0.25, 0.3) is 0 Å². The van der Waals surface area contributed by atoms with Gasteiger partial charge in [0, 0.05) is 12.4 Å². The molecule has 0 aliphatic heterocycles. The van der Waals surface area contributed by atoms with Crippen molar-refractivity contribution in [2.75, 3.05) is 0 Å². The van der Waals surface area contributed by atoms with E-state index in [9.17, 15) is 0 Å². The monoisotopic (exact) mass is 166 g/mol. The molecule has 0 spiro atoms. The van der Waals surface area contributed by atoms with Crippen LogP contribution in [0.4, 0.5) is 0 Å². The largest absolute Gasteiger partial charge is 0.241 e. The van der Waals surface area contributed by atoms with E-state index < -0.39 is 0 Å². The second-order valence-corrected chi connectivity index (χ2v) is 2.39. The molecule has 1 heterocycles. The van der Waals surface area contributed by atoms with E-state index in [2.05, 4.69) is 16.9 Å². The first-order valence-electron chi connectivity index (χ1n) is 4.60. The molecule has 0 bridgehead atoms. The molecule has 1 aromatic heterocycles. The minimum Gasteiger partial charge on any atom is -0.241 e. The first-order valence-corrected chi connectivity index (χ1v) is 4.60. The molecule has 0 saturated carbocycles. The van der Waals surface area contributed by atoms with Crippen molar-refractivity contribution in [3.63, 3.8) is 0 Å². The number of aromatic nitrogens is 2. The highest BCUT2D eigenvalue weighted by molar-refractivity contribution is 5.04. The summed E-state index contributed by atoms with van der Waals surface area (Å²) >= 11 is 0. The van der Waals surface area contributed by atoms with Gasteiger partial charge in [0.2, 0.25) is 0 Å². The van der Waals surface area contributed by atoms with E-state index in [1.165, 1.54) is 5.56 Å². The van der Waals surface area contributed by atoms with Crippen molar-refractivity contribution < 1.29 is 0 Å². The maximum Gasteiger partial charge on any atom is 0.125 e. The Morgan fingerprint density at radius 1 is 1.17 bits per heavy atom. The molecule has 0 aliphatic carbocycles. The van der Waals surface area contributed by atoms with Crippen LogP contribution in [0.3, 0.4) is 0 Å². The van der Waals surface area contributed by atoms with Gasteiger partial charge in [-0.25, -0.2) is 9.97 Å². The number of hydrogen-bond donors (Lipinski definition) is 0. The van der Waals surface area contributed by atoms with Crippen molar-refractivity contribution in [1.29, 1.82) is 0 Å². The van der Waals surface area contributed by atoms with Crippen LogP contribution in [0.2, 0.25) is 0 Å². The van der Waals surface area contributed by atoms with E-state index in [1.807, 2.05) is 33.2 Å². The predicted octanol–water partition coefficient (Wildman–Crippen LogP) is 2.76. The van der Waals surface area contributed by atoms with Crippen LogP contribution < -0.4 is 0 Å². The van der Waals surface area contributed by atoms with Gasteiger partial charge in [-0.2, -0.15) is 0 Å². The molecule has 1 rings (SSSR count). The Hall–Kier alpha value is -0.920. The van der Waals surface area contributed by atoms with Crippen LogP contribution in [0.5, 0.6) is 0 Å². The summed E-state index contributed by atoms with van der Waals surface area (Å²) in [6.45, 7) is 8.05. The van der Waals surface area contributed by atoms with Crippen molar-refractivity contribution >= 4 is 0 Å². The third-order valence-electron chi connectivity index (χ3n) is 1.37. The van der Waals surface area contributed by atoms with Gasteiger partial charge in [-0.15, -0.1) is 0 Å². The summed E-state index contributed by atoms with van der Waals surface area (Å²) in [5.41, 5.74) is 1.23. The summed E-state index contributed by atoms with van der Waals surface area (Å²) in [6.07, 6.45) is 6.03. The first-order chi connectivity index (χ1) is 5.83. The second kappa shape index (κ2) is 6.77. The zero-order valence-electron chi connectivity index (χ0n) is 8.46. The van der Waals surface area contributed by atoms with Gasteiger partial charge in [0.05, 0.1) is 0 Å². The maximum absolute atomic E-state index is 4.09. The standard InChI is InChI=1S/C8H12N2.C2H6/c1-3-4-8-5-9-7(2)10-6-8;1-2/h5-6H,3-4H2,1-2H3;1-2H3. The molecule has 12 heavy (non-hydrogen) atoms. The molecular weight excluding hydrogens is 148 g/mol. The molecule has 0 saturated heterocycles. The van der Waals surface area contributed by atoms with E-state index >= 15 is 0 Å². The molecular formula is C10H18N2. The topological polar surface area (TPSA) is 25.8 Å². The molecule has 0 fully saturated rings. The smallest absolute Gasteiger partial charge is 0.125 e. The zero-order chi connectivity index (χ0) is 9.40. The average Bonchev–Trinajstić information content (AvgIpc) is 2.13. The first kappa shape index (κ1) is 11.1. The van der Waals surface area contributed by atoms with Crippen molar-refractivity contribution in [1.82, 2.24) is 9.97 Å². The van der Waals surface area contributed by atoms with Gasteiger partial charge in [-0.1, -0.05) is 27.2 Å². The Morgan fingerprint density at radius 2 is 1.67 bits per heavy atom. The van der Waals surface area contributed by atoms with Crippen molar-refractivity contribution in [3.05, 3.63) is 23.8 Å². The molecule has 0 amide bonds. The Bertz CT molecular complexity index is 191. The molecule has 68 valence electrons. The molecule has 0 aliphatic rings. The summed E-state index contributed by atoms with van der Waals surface area (Å²) in [6, 6.07) is 0. The fourth-order valence-corrected chi connectivity index (χ4v) is 0.837.